The fraction of sp³-hybridized carbons (Fsp3) is 0.533. The number of carbonyl (C=O) groups excluding carboxylic acids is 1. The normalized spacial score (nSPS) is 31.6. The topological polar surface area (TPSA) is 79.3 Å². The summed E-state index contributed by atoms with van der Waals surface area (Å²) in [5.74, 6) is -0.865. The summed E-state index contributed by atoms with van der Waals surface area (Å²) in [5, 5.41) is 14.0. The van der Waals surface area contributed by atoms with Gasteiger partial charge >= 0.3 is 5.97 Å². The van der Waals surface area contributed by atoms with Crippen molar-refractivity contribution >= 4 is 51.5 Å². The van der Waals surface area contributed by atoms with Crippen molar-refractivity contribution in [3.63, 3.8) is 0 Å². The number of rotatable bonds is 4. The van der Waals surface area contributed by atoms with Crippen molar-refractivity contribution < 1.29 is 14.7 Å². The summed E-state index contributed by atoms with van der Waals surface area (Å²) in [7, 11) is 0. The molecule has 8 heteroatoms. The van der Waals surface area contributed by atoms with Crippen molar-refractivity contribution in [2.24, 2.45) is 17.8 Å². The second kappa shape index (κ2) is 6.07. The molecule has 0 bridgehead atoms. The Kier molecular flexibility index (Phi) is 4.42. The molecule has 2 aliphatic rings. The van der Waals surface area contributed by atoms with E-state index in [2.05, 4.69) is 10.3 Å². The first kappa shape index (κ1) is 16.7. The van der Waals surface area contributed by atoms with Gasteiger partial charge in [-0.05, 0) is 24.7 Å². The fourth-order valence-electron chi connectivity index (χ4n) is 3.57. The minimum atomic E-state index is -0.970. The van der Waals surface area contributed by atoms with Crippen LogP contribution in [0.3, 0.4) is 0 Å². The van der Waals surface area contributed by atoms with Gasteiger partial charge in [-0.15, -0.1) is 34.5 Å². The zero-order valence-electron chi connectivity index (χ0n) is 12.3. The van der Waals surface area contributed by atoms with Gasteiger partial charge in [0, 0.05) is 30.2 Å². The van der Waals surface area contributed by atoms with Crippen LogP contribution in [0.25, 0.3) is 0 Å². The second-order valence-electron chi connectivity index (χ2n) is 6.03. The van der Waals surface area contributed by atoms with E-state index in [1.807, 2.05) is 5.38 Å². The van der Waals surface area contributed by atoms with Gasteiger partial charge in [0.05, 0.1) is 5.69 Å². The first-order chi connectivity index (χ1) is 10.8. The molecule has 0 radical (unpaired) electrons. The molecule has 2 N–H and O–H groups in total. The number of aromatic nitrogens is 1. The number of carbonyl (C=O) groups is 2. The van der Waals surface area contributed by atoms with E-state index in [9.17, 15) is 9.59 Å². The van der Waals surface area contributed by atoms with E-state index in [0.29, 0.717) is 5.13 Å². The lowest BCUT2D eigenvalue weighted by Gasteiger charge is -2.27. The molecule has 0 aliphatic heterocycles. The average molecular weight is 375 g/mol. The maximum atomic E-state index is 11.2. The number of halogens is 2. The molecular formula is C15H16Cl2N2O3S. The summed E-state index contributed by atoms with van der Waals surface area (Å²) >= 11 is 14.2. The average Bonchev–Trinajstić information content (AvgIpc) is 2.82. The van der Waals surface area contributed by atoms with Gasteiger partial charge in [0.1, 0.15) is 4.33 Å². The van der Waals surface area contributed by atoms with E-state index in [1.165, 1.54) is 24.3 Å². The number of carboxylic acids is 1. The van der Waals surface area contributed by atoms with Crippen molar-refractivity contribution in [1.29, 1.82) is 0 Å². The Morgan fingerprint density at radius 2 is 2.22 bits per heavy atom. The van der Waals surface area contributed by atoms with E-state index in [0.717, 1.165) is 18.5 Å². The number of alkyl halides is 2. The molecule has 3 rings (SSSR count). The molecule has 0 spiro atoms. The molecule has 2 saturated carbocycles. The fourth-order valence-corrected chi connectivity index (χ4v) is 5.31. The lowest BCUT2D eigenvalue weighted by molar-refractivity contribution is -0.131. The summed E-state index contributed by atoms with van der Waals surface area (Å²) in [5.41, 5.74) is 0.816. The predicted molar refractivity (Wildman–Crippen MR) is 90.1 cm³/mol. The third-order valence-corrected chi connectivity index (χ3v) is 6.40. The van der Waals surface area contributed by atoms with Crippen molar-refractivity contribution in [3.8, 4) is 0 Å². The Balaban J connectivity index is 1.88. The van der Waals surface area contributed by atoms with Crippen molar-refractivity contribution in [2.75, 3.05) is 5.32 Å². The molecule has 1 aromatic heterocycles. The number of anilines is 1. The molecule has 4 unspecified atom stereocenters. The monoisotopic (exact) mass is 374 g/mol. The number of nitrogens with zero attached hydrogens (tertiary/aromatic N) is 1. The van der Waals surface area contributed by atoms with Gasteiger partial charge in [-0.25, -0.2) is 9.78 Å². The van der Waals surface area contributed by atoms with Crippen molar-refractivity contribution in [1.82, 2.24) is 4.98 Å². The van der Waals surface area contributed by atoms with Gasteiger partial charge in [0.2, 0.25) is 5.91 Å². The van der Waals surface area contributed by atoms with E-state index < -0.39 is 10.3 Å². The molecule has 4 atom stereocenters. The molecule has 0 aromatic carbocycles. The van der Waals surface area contributed by atoms with Crippen LogP contribution in [-0.4, -0.2) is 26.3 Å². The molecule has 124 valence electrons. The quantitative estimate of drug-likeness (QED) is 0.622. The third-order valence-electron chi connectivity index (χ3n) is 4.55. The molecule has 1 heterocycles. The lowest BCUT2D eigenvalue weighted by atomic mass is 9.77. The van der Waals surface area contributed by atoms with Crippen molar-refractivity contribution in [3.05, 3.63) is 23.2 Å². The van der Waals surface area contributed by atoms with Crippen LogP contribution in [-0.2, 0) is 9.59 Å². The van der Waals surface area contributed by atoms with Gasteiger partial charge in [-0.2, -0.15) is 0 Å². The van der Waals surface area contributed by atoms with Gasteiger partial charge in [-0.3, -0.25) is 4.79 Å². The first-order valence-corrected chi connectivity index (χ1v) is 8.96. The highest BCUT2D eigenvalue weighted by Crippen LogP contribution is 2.70. The molecule has 2 fully saturated rings. The van der Waals surface area contributed by atoms with Crippen LogP contribution < -0.4 is 5.32 Å². The largest absolute Gasteiger partial charge is 0.478 e. The summed E-state index contributed by atoms with van der Waals surface area (Å²) in [6, 6.07) is 0. The predicted octanol–water partition coefficient (Wildman–Crippen LogP) is 3.66. The molecule has 23 heavy (non-hydrogen) atoms. The lowest BCUT2D eigenvalue weighted by Crippen LogP contribution is -2.20. The Labute approximate surface area is 147 Å². The maximum Gasteiger partial charge on any atom is 0.327 e. The first-order valence-electron chi connectivity index (χ1n) is 7.32. The SMILES string of the molecule is CC(=O)Nc1nc(C2C(/C=C/C(=O)O)CCC3C2C3(Cl)Cl)cs1. The standard InChI is InChI=1S/C15H16Cl2N2O3S/c1-7(20)18-14-19-10(6-23-14)12-8(3-5-11(21)22)2-4-9-13(12)15(9,16)17/h3,5-6,8-9,12-13H,2,4H2,1H3,(H,21,22)(H,18,19,20)/b5-3+. The molecule has 5 nitrogen and oxygen atoms in total. The second-order valence-corrected chi connectivity index (χ2v) is 8.33. The highest BCUT2D eigenvalue weighted by Gasteiger charge is 2.68. The van der Waals surface area contributed by atoms with Gasteiger partial charge in [-0.1, -0.05) is 6.08 Å². The third kappa shape index (κ3) is 3.25. The van der Waals surface area contributed by atoms with Crippen LogP contribution in [0.1, 0.15) is 31.4 Å². The molecule has 2 aliphatic carbocycles. The van der Waals surface area contributed by atoms with Crippen molar-refractivity contribution in [2.45, 2.75) is 30.0 Å². The minimum Gasteiger partial charge on any atom is -0.478 e. The van der Waals surface area contributed by atoms with Gasteiger partial charge in [0.15, 0.2) is 5.13 Å². The minimum absolute atomic E-state index is 0.0269. The number of hydrogen-bond acceptors (Lipinski definition) is 4. The van der Waals surface area contributed by atoms with Gasteiger partial charge in [0.25, 0.3) is 0 Å². The number of thiazole rings is 1. The maximum absolute atomic E-state index is 11.2. The Bertz CT molecular complexity index is 673. The number of aliphatic carboxylic acids is 1. The van der Waals surface area contributed by atoms with E-state index in [4.69, 9.17) is 28.3 Å². The number of amides is 1. The van der Waals surface area contributed by atoms with E-state index >= 15 is 0 Å². The van der Waals surface area contributed by atoms with Crippen LogP contribution >= 0.6 is 34.5 Å². The highest BCUT2D eigenvalue weighted by molar-refractivity contribution is 7.13. The van der Waals surface area contributed by atoms with Gasteiger partial charge < -0.3 is 10.4 Å². The molecule has 1 amide bonds. The molecule has 0 saturated heterocycles. The summed E-state index contributed by atoms with van der Waals surface area (Å²) in [4.78, 5) is 26.5. The number of carboxylic acid groups (broad SMARTS) is 1. The van der Waals surface area contributed by atoms with Crippen LogP contribution in [0, 0.1) is 17.8 Å². The molecular weight excluding hydrogens is 359 g/mol. The number of fused-ring (bicyclic) bond motifs is 1. The summed E-state index contributed by atoms with van der Waals surface area (Å²) < 4.78 is -0.770. The number of allylic oxidation sites excluding steroid dienone is 1. The zero-order valence-corrected chi connectivity index (χ0v) is 14.7. The Morgan fingerprint density at radius 1 is 1.48 bits per heavy atom. The number of hydrogen-bond donors (Lipinski definition) is 2. The summed E-state index contributed by atoms with van der Waals surface area (Å²) in [6.45, 7) is 1.43. The smallest absolute Gasteiger partial charge is 0.327 e. The Morgan fingerprint density at radius 3 is 2.87 bits per heavy atom. The van der Waals surface area contributed by atoms with Crippen LogP contribution in [0.2, 0.25) is 0 Å². The number of nitrogens with one attached hydrogen (secondary N) is 1. The van der Waals surface area contributed by atoms with Crippen LogP contribution in [0.5, 0.6) is 0 Å². The molecule has 1 aromatic rings. The zero-order chi connectivity index (χ0) is 16.8. The van der Waals surface area contributed by atoms with E-state index in [-0.39, 0.29) is 29.6 Å². The highest BCUT2D eigenvalue weighted by atomic mass is 35.5. The van der Waals surface area contributed by atoms with Crippen LogP contribution in [0.4, 0.5) is 5.13 Å². The van der Waals surface area contributed by atoms with E-state index in [1.54, 1.807) is 6.08 Å². The van der Waals surface area contributed by atoms with Crippen LogP contribution in [0.15, 0.2) is 17.5 Å². The summed E-state index contributed by atoms with van der Waals surface area (Å²) in [6.07, 6.45) is 4.59. The Hall–Kier alpha value is -1.11.